The lowest BCUT2D eigenvalue weighted by molar-refractivity contribution is -0.193. The van der Waals surface area contributed by atoms with Crippen molar-refractivity contribution in [3.63, 3.8) is 0 Å². The minimum atomic E-state index is -1.14. The summed E-state index contributed by atoms with van der Waals surface area (Å²) in [5.41, 5.74) is -0.417. The van der Waals surface area contributed by atoms with E-state index in [1.807, 2.05) is 6.92 Å². The smallest absolute Gasteiger partial charge is 0.336 e. The Morgan fingerprint density at radius 2 is 2.03 bits per heavy atom. The molecule has 32 heavy (non-hydrogen) atoms. The quantitative estimate of drug-likeness (QED) is 0.486. The maximum atomic E-state index is 12.5. The van der Waals surface area contributed by atoms with E-state index < -0.39 is 11.6 Å². The summed E-state index contributed by atoms with van der Waals surface area (Å²) in [7, 11) is 1.52. The largest absolute Gasteiger partial charge is 0.493 e. The first kappa shape index (κ1) is 22.2. The third-order valence-corrected chi connectivity index (χ3v) is 6.26. The first-order chi connectivity index (χ1) is 15.4. The van der Waals surface area contributed by atoms with Gasteiger partial charge in [-0.15, -0.1) is 0 Å². The Balaban J connectivity index is 1.55. The number of methoxy groups -OCH3 is 1. The van der Waals surface area contributed by atoms with Crippen LogP contribution < -0.4 is 14.9 Å². The predicted octanol–water partition coefficient (Wildman–Crippen LogP) is 4.77. The number of ether oxygens (including phenoxy) is 3. The van der Waals surface area contributed by atoms with Crippen LogP contribution in [0, 0.1) is 5.92 Å². The molecule has 1 aromatic heterocycles. The molecule has 4 rings (SSSR count). The predicted molar refractivity (Wildman–Crippen MR) is 120 cm³/mol. The lowest BCUT2D eigenvalue weighted by atomic mass is 9.70. The SMILES string of the molecule is COc1ccc(-c2cc(=O)c3cccc(Cl)c3o2)cc1OCCOC1(C(=O)O)CCC1C. The fourth-order valence-corrected chi connectivity index (χ4v) is 4.11. The fourth-order valence-electron chi connectivity index (χ4n) is 3.89. The number of carboxylic acid groups (broad SMARTS) is 1. The molecule has 7 nitrogen and oxygen atoms in total. The Morgan fingerprint density at radius 3 is 2.69 bits per heavy atom. The summed E-state index contributed by atoms with van der Waals surface area (Å²) in [4.78, 5) is 24.1. The summed E-state index contributed by atoms with van der Waals surface area (Å²) in [5, 5.41) is 10.3. The van der Waals surface area contributed by atoms with Gasteiger partial charge in [-0.05, 0) is 49.1 Å². The topological polar surface area (TPSA) is 95.2 Å². The summed E-state index contributed by atoms with van der Waals surface area (Å²) >= 11 is 6.20. The Hall–Kier alpha value is -3.03. The lowest BCUT2D eigenvalue weighted by Crippen LogP contribution is -2.55. The van der Waals surface area contributed by atoms with Crippen molar-refractivity contribution in [2.24, 2.45) is 5.92 Å². The summed E-state index contributed by atoms with van der Waals surface area (Å²) in [6.07, 6.45) is 1.32. The van der Waals surface area contributed by atoms with Gasteiger partial charge in [0.05, 0.1) is 24.1 Å². The van der Waals surface area contributed by atoms with Gasteiger partial charge in [-0.25, -0.2) is 4.79 Å². The number of halogens is 1. The highest BCUT2D eigenvalue weighted by molar-refractivity contribution is 6.34. The molecule has 168 valence electrons. The van der Waals surface area contributed by atoms with Crippen LogP contribution in [0.3, 0.4) is 0 Å². The molecule has 1 heterocycles. The van der Waals surface area contributed by atoms with Crippen LogP contribution in [-0.4, -0.2) is 37.0 Å². The van der Waals surface area contributed by atoms with Gasteiger partial charge < -0.3 is 23.7 Å². The molecule has 0 radical (unpaired) electrons. The number of hydrogen-bond donors (Lipinski definition) is 1. The molecule has 0 spiro atoms. The van der Waals surface area contributed by atoms with Gasteiger partial charge in [0.15, 0.2) is 28.1 Å². The number of fused-ring (bicyclic) bond motifs is 1. The Kier molecular flexibility index (Phi) is 6.13. The van der Waals surface area contributed by atoms with E-state index in [4.69, 9.17) is 30.2 Å². The van der Waals surface area contributed by atoms with Crippen molar-refractivity contribution in [2.75, 3.05) is 20.3 Å². The second kappa shape index (κ2) is 8.84. The van der Waals surface area contributed by atoms with E-state index in [-0.39, 0.29) is 24.6 Å². The monoisotopic (exact) mass is 458 g/mol. The molecule has 0 saturated heterocycles. The summed E-state index contributed by atoms with van der Waals surface area (Å²) in [5.74, 6) is 0.259. The van der Waals surface area contributed by atoms with Gasteiger partial charge in [0.2, 0.25) is 0 Å². The van der Waals surface area contributed by atoms with E-state index in [0.717, 1.165) is 6.42 Å². The Bertz CT molecular complexity index is 1220. The first-order valence-corrected chi connectivity index (χ1v) is 10.6. The zero-order valence-corrected chi connectivity index (χ0v) is 18.5. The number of hydrogen-bond acceptors (Lipinski definition) is 6. The van der Waals surface area contributed by atoms with Crippen LogP contribution in [-0.2, 0) is 9.53 Å². The van der Waals surface area contributed by atoms with Crippen molar-refractivity contribution >= 4 is 28.5 Å². The van der Waals surface area contributed by atoms with Gasteiger partial charge in [-0.1, -0.05) is 24.6 Å². The molecular weight excluding hydrogens is 436 g/mol. The maximum Gasteiger partial charge on any atom is 0.336 e. The molecule has 2 aromatic carbocycles. The molecule has 0 bridgehead atoms. The van der Waals surface area contributed by atoms with Crippen LogP contribution in [0.2, 0.25) is 5.02 Å². The minimum absolute atomic E-state index is 0.0412. The van der Waals surface area contributed by atoms with E-state index in [2.05, 4.69) is 0 Å². The Morgan fingerprint density at radius 1 is 1.22 bits per heavy atom. The van der Waals surface area contributed by atoms with Crippen molar-refractivity contribution in [3.05, 3.63) is 57.7 Å². The van der Waals surface area contributed by atoms with Crippen molar-refractivity contribution in [1.82, 2.24) is 0 Å². The number of benzene rings is 2. The summed E-state index contributed by atoms with van der Waals surface area (Å²) in [6.45, 7) is 2.12. The molecule has 0 aliphatic heterocycles. The van der Waals surface area contributed by atoms with Crippen LogP contribution in [0.5, 0.6) is 11.5 Å². The van der Waals surface area contributed by atoms with Gasteiger partial charge in [-0.3, -0.25) is 4.79 Å². The number of para-hydroxylation sites is 1. The zero-order valence-electron chi connectivity index (χ0n) is 17.7. The highest BCUT2D eigenvalue weighted by atomic mass is 35.5. The van der Waals surface area contributed by atoms with Crippen molar-refractivity contribution < 1.29 is 28.5 Å². The maximum absolute atomic E-state index is 12.5. The van der Waals surface area contributed by atoms with Crippen LogP contribution in [0.1, 0.15) is 19.8 Å². The molecule has 1 N–H and O–H groups in total. The van der Waals surface area contributed by atoms with Gasteiger partial charge in [0.25, 0.3) is 0 Å². The van der Waals surface area contributed by atoms with Crippen LogP contribution in [0.4, 0.5) is 0 Å². The van der Waals surface area contributed by atoms with Gasteiger partial charge in [-0.2, -0.15) is 0 Å². The van der Waals surface area contributed by atoms with E-state index in [1.54, 1.807) is 36.4 Å². The van der Waals surface area contributed by atoms with Crippen molar-refractivity contribution in [1.29, 1.82) is 0 Å². The average molecular weight is 459 g/mol. The summed E-state index contributed by atoms with van der Waals surface area (Å²) in [6, 6.07) is 11.6. The molecule has 3 aromatic rings. The average Bonchev–Trinajstić information content (AvgIpc) is 2.78. The molecule has 2 atom stereocenters. The molecular formula is C24H23ClO7. The number of aliphatic carboxylic acids is 1. The highest BCUT2D eigenvalue weighted by Crippen LogP contribution is 2.42. The zero-order chi connectivity index (χ0) is 22.9. The van der Waals surface area contributed by atoms with Gasteiger partial charge >= 0.3 is 5.97 Å². The molecule has 0 amide bonds. The molecule has 1 saturated carbocycles. The third kappa shape index (κ3) is 3.94. The second-order valence-corrected chi connectivity index (χ2v) is 8.20. The van der Waals surface area contributed by atoms with E-state index in [0.29, 0.717) is 45.2 Å². The lowest BCUT2D eigenvalue weighted by Gasteiger charge is -2.43. The normalized spacial score (nSPS) is 20.0. The first-order valence-electron chi connectivity index (χ1n) is 10.3. The minimum Gasteiger partial charge on any atom is -0.493 e. The van der Waals surface area contributed by atoms with Crippen molar-refractivity contribution in [2.45, 2.75) is 25.4 Å². The van der Waals surface area contributed by atoms with Gasteiger partial charge in [0, 0.05) is 11.6 Å². The highest BCUT2D eigenvalue weighted by Gasteiger charge is 2.52. The molecule has 1 aliphatic rings. The summed E-state index contributed by atoms with van der Waals surface area (Å²) < 4.78 is 22.8. The molecule has 1 aliphatic carbocycles. The van der Waals surface area contributed by atoms with Crippen LogP contribution in [0.25, 0.3) is 22.3 Å². The van der Waals surface area contributed by atoms with Crippen LogP contribution in [0.15, 0.2) is 51.7 Å². The van der Waals surface area contributed by atoms with Crippen molar-refractivity contribution in [3.8, 4) is 22.8 Å². The third-order valence-electron chi connectivity index (χ3n) is 5.96. The number of carbonyl (C=O) groups is 1. The molecule has 8 heteroatoms. The molecule has 1 fully saturated rings. The molecule has 2 unspecified atom stereocenters. The van der Waals surface area contributed by atoms with E-state index in [9.17, 15) is 14.7 Å². The van der Waals surface area contributed by atoms with Crippen LogP contribution >= 0.6 is 11.6 Å². The fraction of sp³-hybridized carbons (Fsp3) is 0.333. The Labute approximate surface area is 189 Å². The number of carboxylic acids is 1. The van der Waals surface area contributed by atoms with E-state index >= 15 is 0 Å². The second-order valence-electron chi connectivity index (χ2n) is 7.79. The standard InChI is InChI=1S/C24H23ClO7/c1-14-8-9-24(14,23(27)28)31-11-10-30-21-12-15(6-7-19(21)29-2)20-13-18(26)16-4-3-5-17(25)22(16)32-20/h3-7,12-14H,8-11H2,1-2H3,(H,27,28). The van der Waals surface area contributed by atoms with Gasteiger partial charge in [0.1, 0.15) is 12.4 Å². The number of rotatable bonds is 8. The van der Waals surface area contributed by atoms with E-state index in [1.165, 1.54) is 13.2 Å².